The van der Waals surface area contributed by atoms with E-state index >= 15 is 0 Å². The van der Waals surface area contributed by atoms with Gasteiger partial charge in [-0.25, -0.2) is 4.79 Å². The second kappa shape index (κ2) is 20.6. The summed E-state index contributed by atoms with van der Waals surface area (Å²) in [5, 5.41) is 21.0. The minimum absolute atomic E-state index is 0.00189. The van der Waals surface area contributed by atoms with E-state index in [9.17, 15) is 19.2 Å². The zero-order valence-corrected chi connectivity index (χ0v) is 28.8. The zero-order chi connectivity index (χ0) is 35.6. The first-order chi connectivity index (χ1) is 24.3. The molecule has 50 heavy (non-hydrogen) atoms. The summed E-state index contributed by atoms with van der Waals surface area (Å²) in [5.74, 6) is -0.627. The van der Waals surface area contributed by atoms with E-state index in [1.54, 1.807) is 12.1 Å². The number of amides is 3. The normalized spacial score (nSPS) is 15.3. The Balaban J connectivity index is 1.39. The average Bonchev–Trinajstić information content (AvgIpc) is 3.13. The van der Waals surface area contributed by atoms with Crippen molar-refractivity contribution in [2.75, 3.05) is 19.7 Å². The molecule has 1 aliphatic heterocycles. The van der Waals surface area contributed by atoms with Gasteiger partial charge in [0.15, 0.2) is 0 Å². The van der Waals surface area contributed by atoms with E-state index in [4.69, 9.17) is 14.6 Å². The molecular formula is C39H50N4O7. The number of carbonyl (C=O) groups excluding carboxylic acids is 3. The fourth-order valence-electron chi connectivity index (χ4n) is 5.88. The van der Waals surface area contributed by atoms with Gasteiger partial charge in [-0.2, -0.15) is 0 Å². The molecule has 1 heterocycles. The highest BCUT2D eigenvalue weighted by atomic mass is 16.5. The Morgan fingerprint density at radius 3 is 2.32 bits per heavy atom. The lowest BCUT2D eigenvalue weighted by atomic mass is 9.97. The maximum absolute atomic E-state index is 13.7. The van der Waals surface area contributed by atoms with Crippen LogP contribution in [0.5, 0.6) is 5.75 Å². The van der Waals surface area contributed by atoms with Crippen LogP contribution in [0.25, 0.3) is 0 Å². The van der Waals surface area contributed by atoms with Gasteiger partial charge in [-0.15, -0.1) is 0 Å². The largest absolute Gasteiger partial charge is 0.494 e. The highest BCUT2D eigenvalue weighted by Gasteiger charge is 2.27. The van der Waals surface area contributed by atoms with Gasteiger partial charge < -0.3 is 35.8 Å². The molecule has 268 valence electrons. The number of carbonyl (C=O) groups is 4. The molecule has 1 fully saturated rings. The molecular weight excluding hydrogens is 636 g/mol. The Morgan fingerprint density at radius 1 is 0.900 bits per heavy atom. The molecule has 5 N–H and O–H groups in total. The third kappa shape index (κ3) is 13.5. The van der Waals surface area contributed by atoms with Gasteiger partial charge in [0.05, 0.1) is 6.61 Å². The molecule has 1 saturated heterocycles. The van der Waals surface area contributed by atoms with Crippen LogP contribution in [-0.2, 0) is 38.7 Å². The molecule has 0 aromatic heterocycles. The summed E-state index contributed by atoms with van der Waals surface area (Å²) < 4.78 is 11.4. The molecule has 4 rings (SSSR count). The second-order valence-corrected chi connectivity index (χ2v) is 12.8. The topological polar surface area (TPSA) is 155 Å². The van der Waals surface area contributed by atoms with Gasteiger partial charge >= 0.3 is 12.1 Å². The number of nitrogens with one attached hydrogen (secondary N) is 4. The Labute approximate surface area is 294 Å². The maximum Gasteiger partial charge on any atom is 0.408 e. The summed E-state index contributed by atoms with van der Waals surface area (Å²) in [6.07, 6.45) is 3.40. The number of alkyl carbamates (subject to hydrolysis) is 1. The van der Waals surface area contributed by atoms with Crippen molar-refractivity contribution in [2.24, 2.45) is 5.92 Å². The van der Waals surface area contributed by atoms with Gasteiger partial charge in [0, 0.05) is 13.0 Å². The van der Waals surface area contributed by atoms with Crippen LogP contribution in [0.1, 0.15) is 67.2 Å². The van der Waals surface area contributed by atoms with E-state index in [0.29, 0.717) is 25.4 Å². The first kappa shape index (κ1) is 37.9. The lowest BCUT2D eigenvalue weighted by Crippen LogP contribution is -2.53. The summed E-state index contributed by atoms with van der Waals surface area (Å²) in [4.78, 5) is 51.2. The molecule has 3 aromatic carbocycles. The van der Waals surface area contributed by atoms with Crippen molar-refractivity contribution in [2.45, 2.75) is 83.5 Å². The smallest absolute Gasteiger partial charge is 0.408 e. The summed E-state index contributed by atoms with van der Waals surface area (Å²) in [6.45, 7) is 4.93. The van der Waals surface area contributed by atoms with E-state index in [-0.39, 0.29) is 38.3 Å². The van der Waals surface area contributed by atoms with E-state index in [2.05, 4.69) is 21.3 Å². The minimum Gasteiger partial charge on any atom is -0.494 e. The molecule has 0 radical (unpaired) electrons. The summed E-state index contributed by atoms with van der Waals surface area (Å²) in [7, 11) is 0. The van der Waals surface area contributed by atoms with Gasteiger partial charge in [0.2, 0.25) is 11.8 Å². The maximum atomic E-state index is 13.7. The third-order valence-corrected chi connectivity index (χ3v) is 8.87. The number of carboxylic acids is 1. The fraction of sp³-hybridized carbons (Fsp3) is 0.436. The van der Waals surface area contributed by atoms with Crippen LogP contribution in [0.4, 0.5) is 4.79 Å². The minimum atomic E-state index is -1.11. The molecule has 1 aliphatic rings. The van der Waals surface area contributed by atoms with Crippen molar-refractivity contribution in [1.82, 2.24) is 21.3 Å². The van der Waals surface area contributed by atoms with E-state index in [1.807, 2.05) is 73.7 Å². The molecule has 0 bridgehead atoms. The van der Waals surface area contributed by atoms with Gasteiger partial charge in [-0.3, -0.25) is 14.4 Å². The molecule has 0 aliphatic carbocycles. The van der Waals surface area contributed by atoms with Crippen molar-refractivity contribution in [3.05, 3.63) is 101 Å². The number of carboxylic acid groups (broad SMARTS) is 1. The number of aryl methyl sites for hydroxylation is 2. The van der Waals surface area contributed by atoms with Crippen LogP contribution < -0.4 is 26.0 Å². The van der Waals surface area contributed by atoms with E-state index < -0.39 is 30.1 Å². The third-order valence-electron chi connectivity index (χ3n) is 8.87. The van der Waals surface area contributed by atoms with Crippen molar-refractivity contribution in [3.63, 3.8) is 0 Å². The highest BCUT2D eigenvalue weighted by Crippen LogP contribution is 2.20. The van der Waals surface area contributed by atoms with Gasteiger partial charge in [0.1, 0.15) is 24.4 Å². The van der Waals surface area contributed by atoms with Crippen molar-refractivity contribution < 1.29 is 33.8 Å². The number of piperidine rings is 1. The number of benzene rings is 3. The number of rotatable bonds is 19. The first-order valence-electron chi connectivity index (χ1n) is 17.5. The molecule has 3 amide bonds. The van der Waals surface area contributed by atoms with Crippen LogP contribution in [0.3, 0.4) is 0 Å². The summed E-state index contributed by atoms with van der Waals surface area (Å²) in [6, 6.07) is 22.6. The van der Waals surface area contributed by atoms with Crippen LogP contribution in [0.2, 0.25) is 0 Å². The highest BCUT2D eigenvalue weighted by molar-refractivity contribution is 5.91. The average molecular weight is 687 g/mol. The van der Waals surface area contributed by atoms with Crippen LogP contribution in [0, 0.1) is 12.8 Å². The fourth-order valence-corrected chi connectivity index (χ4v) is 5.88. The van der Waals surface area contributed by atoms with Crippen LogP contribution in [0.15, 0.2) is 78.9 Å². The van der Waals surface area contributed by atoms with E-state index in [1.165, 1.54) is 12.8 Å². The van der Waals surface area contributed by atoms with E-state index in [0.717, 1.165) is 47.5 Å². The number of hydrogen-bond donors (Lipinski definition) is 5. The Morgan fingerprint density at radius 2 is 1.62 bits per heavy atom. The molecule has 3 atom stereocenters. The Hall–Kier alpha value is -4.90. The van der Waals surface area contributed by atoms with Gasteiger partial charge in [-0.1, -0.05) is 66.7 Å². The number of aliphatic carboxylic acids is 1. The molecule has 1 unspecified atom stereocenters. The first-order valence-corrected chi connectivity index (χ1v) is 17.5. The standard InChI is InChI=1S/C39H50N4O7/c1-28-17-19-33(49-23-21-30-14-9-22-40-25-30)24-32(28)26-41-37(46)35(20-18-29-10-4-2-5-11-29)42-38(47)34(15-8-16-36(44)45)43-39(48)50-27-31-12-6-3-7-13-31/h2-7,10-13,17,19,24,30,34-35,40H,8-9,14-16,18,20-23,25-27H2,1H3,(H,41,46)(H,42,47)(H,43,48)(H,44,45)/t30?,34-,35-/m0/s1. The number of hydrogen-bond acceptors (Lipinski definition) is 7. The molecule has 0 spiro atoms. The predicted octanol–water partition coefficient (Wildman–Crippen LogP) is 5.05. The monoisotopic (exact) mass is 686 g/mol. The molecule has 3 aromatic rings. The zero-order valence-electron chi connectivity index (χ0n) is 28.8. The lowest BCUT2D eigenvalue weighted by Gasteiger charge is -2.23. The second-order valence-electron chi connectivity index (χ2n) is 12.8. The van der Waals surface area contributed by atoms with Gasteiger partial charge in [-0.05, 0) is 105 Å². The van der Waals surface area contributed by atoms with Crippen molar-refractivity contribution in [1.29, 1.82) is 0 Å². The van der Waals surface area contributed by atoms with Crippen LogP contribution in [-0.4, -0.2) is 60.8 Å². The quantitative estimate of drug-likeness (QED) is 0.117. The van der Waals surface area contributed by atoms with Crippen molar-refractivity contribution in [3.8, 4) is 5.75 Å². The Bertz CT molecular complexity index is 1510. The molecule has 11 heteroatoms. The molecule has 0 saturated carbocycles. The molecule has 11 nitrogen and oxygen atoms in total. The van der Waals surface area contributed by atoms with Crippen LogP contribution >= 0.6 is 0 Å². The van der Waals surface area contributed by atoms with Gasteiger partial charge in [0.25, 0.3) is 0 Å². The lowest BCUT2D eigenvalue weighted by molar-refractivity contribution is -0.137. The summed E-state index contributed by atoms with van der Waals surface area (Å²) >= 11 is 0. The van der Waals surface area contributed by atoms with Crippen molar-refractivity contribution >= 4 is 23.9 Å². The summed E-state index contributed by atoms with van der Waals surface area (Å²) in [5.41, 5.74) is 3.68. The number of ether oxygens (including phenoxy) is 2. The Kier molecular flexibility index (Phi) is 15.6. The predicted molar refractivity (Wildman–Crippen MR) is 190 cm³/mol. The SMILES string of the molecule is Cc1ccc(OCCC2CCCNC2)cc1CNC(=O)[C@H](CCc1ccccc1)NC(=O)[C@H](CCCC(=O)O)NC(=O)OCc1ccccc1.